The molecule has 0 radical (unpaired) electrons. The Balaban J connectivity index is 1.29. The zero-order chi connectivity index (χ0) is 20.1. The van der Waals surface area contributed by atoms with Crippen LogP contribution in [0.5, 0.6) is 0 Å². The minimum atomic E-state index is -0.447. The van der Waals surface area contributed by atoms with Gasteiger partial charge in [0.2, 0.25) is 0 Å². The Labute approximate surface area is 169 Å². The van der Waals surface area contributed by atoms with Crippen molar-refractivity contribution in [2.75, 3.05) is 25.0 Å². The molecule has 2 unspecified atom stereocenters. The van der Waals surface area contributed by atoms with Crippen molar-refractivity contribution < 1.29 is 14.3 Å². The molecule has 3 heterocycles. The second kappa shape index (κ2) is 9.12. The van der Waals surface area contributed by atoms with Crippen molar-refractivity contribution >= 4 is 11.9 Å². The Morgan fingerprint density at radius 1 is 1.32 bits per heavy atom. The fourth-order valence-corrected chi connectivity index (χ4v) is 3.93. The molecule has 3 rings (SSSR count). The molecule has 0 saturated carbocycles. The van der Waals surface area contributed by atoms with E-state index in [2.05, 4.69) is 23.3 Å². The van der Waals surface area contributed by atoms with Gasteiger partial charge in [0.15, 0.2) is 0 Å². The largest absolute Gasteiger partial charge is 0.444 e. The van der Waals surface area contributed by atoms with Crippen LogP contribution in [0.2, 0.25) is 0 Å². The molecule has 1 amide bonds. The summed E-state index contributed by atoms with van der Waals surface area (Å²) in [6, 6.07) is 2.60. The third-order valence-corrected chi connectivity index (χ3v) is 5.47. The van der Waals surface area contributed by atoms with E-state index in [4.69, 9.17) is 9.47 Å². The summed E-state index contributed by atoms with van der Waals surface area (Å²) < 4.78 is 11.4. The number of likely N-dealkylation sites (tertiary alicyclic amines) is 1. The molecule has 2 atom stereocenters. The van der Waals surface area contributed by atoms with E-state index < -0.39 is 5.60 Å². The molecule has 1 fully saturated rings. The van der Waals surface area contributed by atoms with E-state index in [-0.39, 0.29) is 12.2 Å². The molecular weight excluding hydrogens is 354 g/mol. The lowest BCUT2D eigenvalue weighted by molar-refractivity contribution is 0.0206. The number of carbonyl (C=O) groups is 1. The number of nitrogens with zero attached hydrogens (tertiary/aromatic N) is 2. The highest BCUT2D eigenvalue weighted by atomic mass is 16.6. The van der Waals surface area contributed by atoms with Gasteiger partial charge in [0, 0.05) is 25.4 Å². The monoisotopic (exact) mass is 389 g/mol. The number of aryl methyl sites for hydroxylation is 1. The molecule has 0 aliphatic carbocycles. The van der Waals surface area contributed by atoms with Crippen molar-refractivity contribution in [1.82, 2.24) is 9.88 Å². The van der Waals surface area contributed by atoms with E-state index in [0.29, 0.717) is 12.6 Å². The lowest BCUT2D eigenvalue weighted by Gasteiger charge is -2.27. The molecule has 1 N–H and O–H groups in total. The van der Waals surface area contributed by atoms with Crippen molar-refractivity contribution in [3.05, 3.63) is 23.4 Å². The molecule has 1 aromatic heterocycles. The topological polar surface area (TPSA) is 63.7 Å². The molecule has 1 aromatic rings. The summed E-state index contributed by atoms with van der Waals surface area (Å²) in [5, 5.41) is 3.60. The van der Waals surface area contributed by atoms with Crippen molar-refractivity contribution in [3.8, 4) is 0 Å². The van der Waals surface area contributed by atoms with Crippen LogP contribution in [0.1, 0.15) is 64.0 Å². The van der Waals surface area contributed by atoms with Gasteiger partial charge in [0.25, 0.3) is 0 Å². The van der Waals surface area contributed by atoms with Gasteiger partial charge in [0.1, 0.15) is 11.4 Å². The summed E-state index contributed by atoms with van der Waals surface area (Å²) in [6.07, 6.45) is 8.32. The SMILES string of the molecule is Cc1ccnc2c1CCC(CCCCOC1CCN(C(=O)OC(C)(C)C)C1)N2. The van der Waals surface area contributed by atoms with Gasteiger partial charge in [0.05, 0.1) is 12.6 Å². The minimum Gasteiger partial charge on any atom is -0.444 e. The van der Waals surface area contributed by atoms with Crippen LogP contribution in [0.4, 0.5) is 10.6 Å². The Morgan fingerprint density at radius 3 is 2.93 bits per heavy atom. The number of rotatable bonds is 6. The molecule has 0 bridgehead atoms. The highest BCUT2D eigenvalue weighted by molar-refractivity contribution is 5.68. The molecule has 28 heavy (non-hydrogen) atoms. The zero-order valence-corrected chi connectivity index (χ0v) is 17.8. The number of hydrogen-bond acceptors (Lipinski definition) is 5. The molecule has 1 saturated heterocycles. The number of ether oxygens (including phenoxy) is 2. The summed E-state index contributed by atoms with van der Waals surface area (Å²) in [5.41, 5.74) is 2.26. The number of carbonyl (C=O) groups excluding carboxylic acids is 1. The van der Waals surface area contributed by atoms with Crippen LogP contribution in [0, 0.1) is 6.92 Å². The van der Waals surface area contributed by atoms with E-state index in [1.54, 1.807) is 4.90 Å². The molecule has 156 valence electrons. The Kier molecular flexibility index (Phi) is 6.81. The van der Waals surface area contributed by atoms with Gasteiger partial charge in [-0.2, -0.15) is 0 Å². The van der Waals surface area contributed by atoms with E-state index in [0.717, 1.165) is 51.1 Å². The van der Waals surface area contributed by atoms with Gasteiger partial charge in [-0.15, -0.1) is 0 Å². The first-order valence-electron chi connectivity index (χ1n) is 10.6. The van der Waals surface area contributed by atoms with Gasteiger partial charge in [-0.05, 0) is 83.4 Å². The Morgan fingerprint density at radius 2 is 2.14 bits per heavy atom. The number of anilines is 1. The number of amides is 1. The molecule has 2 aliphatic heterocycles. The van der Waals surface area contributed by atoms with E-state index >= 15 is 0 Å². The van der Waals surface area contributed by atoms with Crippen LogP contribution in [-0.4, -0.2) is 53.4 Å². The lowest BCUT2D eigenvalue weighted by atomic mass is 9.95. The third kappa shape index (κ3) is 5.84. The maximum absolute atomic E-state index is 12.1. The quantitative estimate of drug-likeness (QED) is 0.735. The maximum atomic E-state index is 12.1. The standard InChI is InChI=1S/C22H35N3O3/c1-16-10-12-23-20-19(16)9-8-17(24-20)7-5-6-14-27-18-11-13-25(15-18)21(26)28-22(2,3)4/h10,12,17-18H,5-9,11,13-15H2,1-4H3,(H,23,24). The number of fused-ring (bicyclic) bond motifs is 1. The molecule has 0 spiro atoms. The Hall–Kier alpha value is -1.82. The summed E-state index contributed by atoms with van der Waals surface area (Å²) in [7, 11) is 0. The first-order valence-corrected chi connectivity index (χ1v) is 10.6. The summed E-state index contributed by atoms with van der Waals surface area (Å²) in [4.78, 5) is 18.4. The number of hydrogen-bond donors (Lipinski definition) is 1. The molecular formula is C22H35N3O3. The highest BCUT2D eigenvalue weighted by Crippen LogP contribution is 2.27. The Bertz CT molecular complexity index is 671. The summed E-state index contributed by atoms with van der Waals surface area (Å²) >= 11 is 0. The van der Waals surface area contributed by atoms with E-state index in [1.165, 1.54) is 17.5 Å². The number of pyridine rings is 1. The van der Waals surface area contributed by atoms with Crippen molar-refractivity contribution in [2.24, 2.45) is 0 Å². The highest BCUT2D eigenvalue weighted by Gasteiger charge is 2.30. The molecule has 2 aliphatic rings. The maximum Gasteiger partial charge on any atom is 0.410 e. The van der Waals surface area contributed by atoms with Gasteiger partial charge in [-0.3, -0.25) is 0 Å². The summed E-state index contributed by atoms with van der Waals surface area (Å²) in [6.45, 7) is 9.96. The second-order valence-electron chi connectivity index (χ2n) is 9.04. The zero-order valence-electron chi connectivity index (χ0n) is 17.8. The third-order valence-electron chi connectivity index (χ3n) is 5.47. The van der Waals surface area contributed by atoms with Gasteiger partial charge >= 0.3 is 6.09 Å². The fraction of sp³-hybridized carbons (Fsp3) is 0.727. The predicted molar refractivity (Wildman–Crippen MR) is 111 cm³/mol. The van der Waals surface area contributed by atoms with Crippen molar-refractivity contribution in [3.63, 3.8) is 0 Å². The number of aromatic nitrogens is 1. The predicted octanol–water partition coefficient (Wildman–Crippen LogP) is 4.31. The first-order chi connectivity index (χ1) is 13.3. The summed E-state index contributed by atoms with van der Waals surface area (Å²) in [5.74, 6) is 1.07. The lowest BCUT2D eigenvalue weighted by Crippen LogP contribution is -2.36. The second-order valence-corrected chi connectivity index (χ2v) is 9.04. The van der Waals surface area contributed by atoms with Crippen LogP contribution in [0.15, 0.2) is 12.3 Å². The van der Waals surface area contributed by atoms with Gasteiger partial charge in [-0.1, -0.05) is 0 Å². The number of unbranched alkanes of at least 4 members (excludes halogenated alkanes) is 1. The van der Waals surface area contributed by atoms with Gasteiger partial charge < -0.3 is 19.7 Å². The fourth-order valence-electron chi connectivity index (χ4n) is 3.93. The normalized spacial score (nSPS) is 21.9. The van der Waals surface area contributed by atoms with Crippen molar-refractivity contribution in [1.29, 1.82) is 0 Å². The van der Waals surface area contributed by atoms with Crippen LogP contribution >= 0.6 is 0 Å². The van der Waals surface area contributed by atoms with Crippen LogP contribution in [0.3, 0.4) is 0 Å². The first kappa shape index (κ1) is 20.9. The van der Waals surface area contributed by atoms with Crippen molar-refractivity contribution in [2.45, 2.75) is 84.0 Å². The van der Waals surface area contributed by atoms with Gasteiger partial charge in [-0.25, -0.2) is 9.78 Å². The van der Waals surface area contributed by atoms with E-state index in [9.17, 15) is 4.79 Å². The van der Waals surface area contributed by atoms with Crippen LogP contribution < -0.4 is 5.32 Å². The average molecular weight is 390 g/mol. The van der Waals surface area contributed by atoms with Crippen LogP contribution in [-0.2, 0) is 15.9 Å². The molecule has 6 heteroatoms. The number of nitrogens with one attached hydrogen (secondary N) is 1. The molecule has 6 nitrogen and oxygen atoms in total. The smallest absolute Gasteiger partial charge is 0.410 e. The molecule has 0 aromatic carbocycles. The average Bonchev–Trinajstić information content (AvgIpc) is 3.09. The van der Waals surface area contributed by atoms with E-state index in [1.807, 2.05) is 27.0 Å². The minimum absolute atomic E-state index is 0.138. The van der Waals surface area contributed by atoms with Crippen LogP contribution in [0.25, 0.3) is 0 Å².